The van der Waals surface area contributed by atoms with Crippen LogP contribution in [-0.2, 0) is 9.53 Å². The van der Waals surface area contributed by atoms with Crippen molar-refractivity contribution in [1.29, 1.82) is 0 Å². The molecule has 0 bridgehead atoms. The molecule has 0 amide bonds. The summed E-state index contributed by atoms with van der Waals surface area (Å²) in [7, 11) is 0. The average molecular weight is 186 g/mol. The molecule has 0 aromatic rings. The van der Waals surface area contributed by atoms with Gasteiger partial charge in [-0.05, 0) is 39.5 Å². The third-order valence-electron chi connectivity index (χ3n) is 2.71. The van der Waals surface area contributed by atoms with Crippen LogP contribution >= 0.6 is 0 Å². The number of carbonyl (C=O) groups is 1. The fraction of sp³-hybridized carbons (Fsp3) is 0.900. The number of ether oxygens (including phenoxy) is 1. The Hall–Kier alpha value is -0.570. The minimum Gasteiger partial charge on any atom is -0.481 e. The first kappa shape index (κ1) is 10.5. The zero-order valence-electron chi connectivity index (χ0n) is 8.38. The van der Waals surface area contributed by atoms with Crippen molar-refractivity contribution in [3.63, 3.8) is 0 Å². The third kappa shape index (κ3) is 2.99. The topological polar surface area (TPSA) is 46.5 Å². The first-order valence-electron chi connectivity index (χ1n) is 4.87. The second-order valence-electron chi connectivity index (χ2n) is 4.36. The maximum atomic E-state index is 10.7. The molecule has 0 aliphatic heterocycles. The van der Waals surface area contributed by atoms with Crippen molar-refractivity contribution >= 4 is 5.97 Å². The van der Waals surface area contributed by atoms with Crippen molar-refractivity contribution in [2.75, 3.05) is 6.61 Å². The Morgan fingerprint density at radius 3 is 2.54 bits per heavy atom. The van der Waals surface area contributed by atoms with Crippen LogP contribution in [0.25, 0.3) is 0 Å². The van der Waals surface area contributed by atoms with Gasteiger partial charge in [0.1, 0.15) is 0 Å². The maximum Gasteiger partial charge on any atom is 0.309 e. The molecule has 3 heteroatoms. The van der Waals surface area contributed by atoms with Crippen molar-refractivity contribution < 1.29 is 14.6 Å². The molecule has 0 saturated heterocycles. The van der Waals surface area contributed by atoms with Crippen LogP contribution in [0.2, 0.25) is 0 Å². The molecule has 1 N–H and O–H groups in total. The van der Waals surface area contributed by atoms with Gasteiger partial charge in [0.25, 0.3) is 0 Å². The molecule has 76 valence electrons. The second kappa shape index (κ2) is 4.09. The van der Waals surface area contributed by atoms with Crippen molar-refractivity contribution in [1.82, 2.24) is 0 Å². The summed E-state index contributed by atoms with van der Waals surface area (Å²) in [5, 5.41) is 8.82. The number of carboxylic acid groups (broad SMARTS) is 1. The van der Waals surface area contributed by atoms with Gasteiger partial charge in [-0.1, -0.05) is 0 Å². The quantitative estimate of drug-likeness (QED) is 0.714. The summed E-state index contributed by atoms with van der Waals surface area (Å²) in [6, 6.07) is 0. The predicted molar refractivity (Wildman–Crippen MR) is 49.6 cm³/mol. The Morgan fingerprint density at radius 1 is 1.54 bits per heavy atom. The molecule has 0 unspecified atom stereocenters. The largest absolute Gasteiger partial charge is 0.481 e. The van der Waals surface area contributed by atoms with Crippen molar-refractivity contribution in [3.8, 4) is 0 Å². The number of carboxylic acids is 1. The summed E-state index contributed by atoms with van der Waals surface area (Å²) in [5.74, 6) is -0.746. The summed E-state index contributed by atoms with van der Waals surface area (Å²) in [4.78, 5) is 10.7. The first-order valence-corrected chi connectivity index (χ1v) is 4.87. The fourth-order valence-corrected chi connectivity index (χ4v) is 1.13. The average Bonchev–Trinajstić information content (AvgIpc) is 1.94. The summed E-state index contributed by atoms with van der Waals surface area (Å²) < 4.78 is 5.50. The van der Waals surface area contributed by atoms with Crippen LogP contribution in [0.5, 0.6) is 0 Å². The minimum absolute atomic E-state index is 0.407. The van der Waals surface area contributed by atoms with E-state index in [1.165, 1.54) is 6.42 Å². The molecule has 0 aromatic heterocycles. The van der Waals surface area contributed by atoms with E-state index in [2.05, 4.69) is 0 Å². The molecule has 0 atom stereocenters. The minimum atomic E-state index is -0.746. The van der Waals surface area contributed by atoms with Crippen LogP contribution in [0.4, 0.5) is 0 Å². The van der Waals surface area contributed by atoms with Crippen LogP contribution in [0.1, 0.15) is 39.5 Å². The van der Waals surface area contributed by atoms with E-state index in [1.807, 2.05) is 0 Å². The Labute approximate surface area is 79.1 Å². The second-order valence-corrected chi connectivity index (χ2v) is 4.36. The van der Waals surface area contributed by atoms with Gasteiger partial charge in [0.2, 0.25) is 0 Å². The summed E-state index contributed by atoms with van der Waals surface area (Å²) in [5.41, 5.74) is -0.649. The highest BCUT2D eigenvalue weighted by molar-refractivity contribution is 5.73. The maximum absolute atomic E-state index is 10.7. The lowest BCUT2D eigenvalue weighted by atomic mass is 9.90. The molecular weight excluding hydrogens is 168 g/mol. The number of aliphatic carboxylic acids is 1. The van der Waals surface area contributed by atoms with E-state index < -0.39 is 11.4 Å². The normalized spacial score (nSPS) is 18.3. The van der Waals surface area contributed by atoms with E-state index in [0.29, 0.717) is 19.1 Å². The standard InChI is InChI=1S/C10H18O3/c1-10(2,9(11)12)6-7-13-8-4-3-5-8/h8H,3-7H2,1-2H3,(H,11,12). The molecule has 13 heavy (non-hydrogen) atoms. The van der Waals surface area contributed by atoms with E-state index >= 15 is 0 Å². The molecular formula is C10H18O3. The molecule has 1 aliphatic carbocycles. The fourth-order valence-electron chi connectivity index (χ4n) is 1.13. The Bertz CT molecular complexity index is 183. The van der Waals surface area contributed by atoms with Crippen LogP contribution < -0.4 is 0 Å². The molecule has 1 fully saturated rings. The highest BCUT2D eigenvalue weighted by Crippen LogP contribution is 2.25. The van der Waals surface area contributed by atoms with Crippen molar-refractivity contribution in [2.45, 2.75) is 45.6 Å². The van der Waals surface area contributed by atoms with Gasteiger partial charge in [0.05, 0.1) is 11.5 Å². The predicted octanol–water partition coefficient (Wildman–Crippen LogP) is 2.06. The van der Waals surface area contributed by atoms with E-state index in [1.54, 1.807) is 13.8 Å². The highest BCUT2D eigenvalue weighted by Gasteiger charge is 2.27. The van der Waals surface area contributed by atoms with Crippen LogP contribution in [0.15, 0.2) is 0 Å². The molecule has 1 rings (SSSR count). The Balaban J connectivity index is 2.13. The van der Waals surface area contributed by atoms with Gasteiger partial charge < -0.3 is 9.84 Å². The molecule has 3 nitrogen and oxygen atoms in total. The summed E-state index contributed by atoms with van der Waals surface area (Å²) >= 11 is 0. The first-order chi connectivity index (χ1) is 6.02. The van der Waals surface area contributed by atoms with Gasteiger partial charge in [-0.2, -0.15) is 0 Å². The number of rotatable bonds is 5. The lowest BCUT2D eigenvalue weighted by Crippen LogP contribution is -2.28. The lowest BCUT2D eigenvalue weighted by Gasteiger charge is -2.27. The lowest BCUT2D eigenvalue weighted by molar-refractivity contribution is -0.148. The number of hydrogen-bond acceptors (Lipinski definition) is 2. The van der Waals surface area contributed by atoms with Crippen LogP contribution in [-0.4, -0.2) is 23.8 Å². The molecule has 0 heterocycles. The third-order valence-corrected chi connectivity index (χ3v) is 2.71. The van der Waals surface area contributed by atoms with E-state index in [-0.39, 0.29) is 0 Å². The van der Waals surface area contributed by atoms with E-state index in [9.17, 15) is 4.79 Å². The summed E-state index contributed by atoms with van der Waals surface area (Å²) in [6.07, 6.45) is 4.55. The van der Waals surface area contributed by atoms with Crippen molar-refractivity contribution in [3.05, 3.63) is 0 Å². The number of hydrogen-bond donors (Lipinski definition) is 1. The summed E-state index contributed by atoms with van der Waals surface area (Å²) in [6.45, 7) is 4.04. The van der Waals surface area contributed by atoms with Gasteiger partial charge in [0.15, 0.2) is 0 Å². The zero-order chi connectivity index (χ0) is 9.90. The van der Waals surface area contributed by atoms with Gasteiger partial charge in [-0.15, -0.1) is 0 Å². The molecule has 1 aliphatic rings. The Kier molecular flexibility index (Phi) is 3.31. The smallest absolute Gasteiger partial charge is 0.309 e. The van der Waals surface area contributed by atoms with E-state index in [4.69, 9.17) is 9.84 Å². The molecule has 1 saturated carbocycles. The van der Waals surface area contributed by atoms with Crippen molar-refractivity contribution in [2.24, 2.45) is 5.41 Å². The van der Waals surface area contributed by atoms with E-state index in [0.717, 1.165) is 12.8 Å². The highest BCUT2D eigenvalue weighted by atomic mass is 16.5. The monoisotopic (exact) mass is 186 g/mol. The zero-order valence-corrected chi connectivity index (χ0v) is 8.38. The van der Waals surface area contributed by atoms with Gasteiger partial charge >= 0.3 is 5.97 Å². The van der Waals surface area contributed by atoms with Gasteiger partial charge in [0, 0.05) is 6.61 Å². The Morgan fingerprint density at radius 2 is 2.15 bits per heavy atom. The van der Waals surface area contributed by atoms with Gasteiger partial charge in [-0.3, -0.25) is 4.79 Å². The van der Waals surface area contributed by atoms with Gasteiger partial charge in [-0.25, -0.2) is 0 Å². The molecule has 0 aromatic carbocycles. The van der Waals surface area contributed by atoms with Crippen LogP contribution in [0, 0.1) is 5.41 Å². The SMILES string of the molecule is CC(C)(CCOC1CCC1)C(=O)O. The van der Waals surface area contributed by atoms with Crippen LogP contribution in [0.3, 0.4) is 0 Å². The molecule has 0 spiro atoms. The molecule has 0 radical (unpaired) electrons.